The summed E-state index contributed by atoms with van der Waals surface area (Å²) in [6, 6.07) is 5.89. The standard InChI is InChI=1S/C13H15NO4/c1-15-10-4-9(13(6-14)7-18-8-13)5-11(16-2)12(10)17-3/h4-5H,7-8H2,1-3H3. The lowest BCUT2D eigenvalue weighted by molar-refractivity contribution is -0.0299. The molecular formula is C13H15NO4. The Hall–Kier alpha value is -1.93. The van der Waals surface area contributed by atoms with E-state index in [4.69, 9.17) is 18.9 Å². The summed E-state index contributed by atoms with van der Waals surface area (Å²) in [5, 5.41) is 9.30. The monoisotopic (exact) mass is 249 g/mol. The van der Waals surface area contributed by atoms with Crippen molar-refractivity contribution in [2.75, 3.05) is 34.5 Å². The van der Waals surface area contributed by atoms with E-state index in [0.717, 1.165) is 5.56 Å². The van der Waals surface area contributed by atoms with Crippen LogP contribution < -0.4 is 14.2 Å². The Balaban J connectivity index is 2.54. The smallest absolute Gasteiger partial charge is 0.203 e. The van der Waals surface area contributed by atoms with Crippen LogP contribution in [0.4, 0.5) is 0 Å². The Morgan fingerprint density at radius 2 is 1.67 bits per heavy atom. The summed E-state index contributed by atoms with van der Waals surface area (Å²) < 4.78 is 20.9. The second kappa shape index (κ2) is 4.75. The highest BCUT2D eigenvalue weighted by atomic mass is 16.5. The Morgan fingerprint density at radius 3 is 1.94 bits per heavy atom. The molecule has 5 nitrogen and oxygen atoms in total. The fourth-order valence-electron chi connectivity index (χ4n) is 1.96. The molecule has 0 aromatic heterocycles. The van der Waals surface area contributed by atoms with Gasteiger partial charge in [0, 0.05) is 0 Å². The molecule has 0 aliphatic carbocycles. The largest absolute Gasteiger partial charge is 0.493 e. The van der Waals surface area contributed by atoms with Crippen LogP contribution in [0.3, 0.4) is 0 Å². The zero-order valence-electron chi connectivity index (χ0n) is 10.6. The molecular weight excluding hydrogens is 234 g/mol. The van der Waals surface area contributed by atoms with Crippen LogP contribution in [0, 0.1) is 11.3 Å². The predicted molar refractivity (Wildman–Crippen MR) is 64.2 cm³/mol. The predicted octanol–water partition coefficient (Wildman–Crippen LogP) is 1.50. The molecule has 0 atom stereocenters. The van der Waals surface area contributed by atoms with Gasteiger partial charge in [-0.15, -0.1) is 0 Å². The second-order valence-corrected chi connectivity index (χ2v) is 4.10. The Labute approximate surface area is 106 Å². The number of nitrogens with zero attached hydrogens (tertiary/aromatic N) is 1. The lowest BCUT2D eigenvalue weighted by Crippen LogP contribution is -2.45. The Bertz CT molecular complexity index is 463. The van der Waals surface area contributed by atoms with Crippen LogP contribution in [-0.2, 0) is 10.2 Å². The molecule has 5 heteroatoms. The van der Waals surface area contributed by atoms with Gasteiger partial charge in [0.1, 0.15) is 5.41 Å². The van der Waals surface area contributed by atoms with Crippen molar-refractivity contribution in [3.8, 4) is 23.3 Å². The normalized spacial score (nSPS) is 16.3. The van der Waals surface area contributed by atoms with Crippen molar-refractivity contribution in [2.45, 2.75) is 5.41 Å². The fourth-order valence-corrected chi connectivity index (χ4v) is 1.96. The molecule has 1 fully saturated rings. The lowest BCUT2D eigenvalue weighted by Gasteiger charge is -2.35. The highest BCUT2D eigenvalue weighted by Gasteiger charge is 2.42. The first-order valence-electron chi connectivity index (χ1n) is 5.50. The average Bonchev–Trinajstić information content (AvgIpc) is 2.36. The number of methoxy groups -OCH3 is 3. The van der Waals surface area contributed by atoms with E-state index >= 15 is 0 Å². The highest BCUT2D eigenvalue weighted by molar-refractivity contribution is 5.56. The molecule has 1 saturated heterocycles. The molecule has 0 saturated carbocycles. The van der Waals surface area contributed by atoms with Gasteiger partial charge >= 0.3 is 0 Å². The summed E-state index contributed by atoms with van der Waals surface area (Å²) in [7, 11) is 4.65. The van der Waals surface area contributed by atoms with Crippen molar-refractivity contribution < 1.29 is 18.9 Å². The van der Waals surface area contributed by atoms with Gasteiger partial charge in [0.05, 0.1) is 40.6 Å². The summed E-state index contributed by atoms with van der Waals surface area (Å²) in [5.74, 6) is 1.62. The van der Waals surface area contributed by atoms with E-state index in [9.17, 15) is 5.26 Å². The molecule has 0 spiro atoms. The molecule has 2 rings (SSSR count). The van der Waals surface area contributed by atoms with Crippen LogP contribution >= 0.6 is 0 Å². The van der Waals surface area contributed by atoms with Gasteiger partial charge in [-0.25, -0.2) is 0 Å². The fraction of sp³-hybridized carbons (Fsp3) is 0.462. The molecule has 0 unspecified atom stereocenters. The van der Waals surface area contributed by atoms with Gasteiger partial charge in [-0.05, 0) is 17.7 Å². The molecule has 0 N–H and O–H groups in total. The number of benzene rings is 1. The molecule has 0 amide bonds. The van der Waals surface area contributed by atoms with Crippen molar-refractivity contribution in [3.05, 3.63) is 17.7 Å². The highest BCUT2D eigenvalue weighted by Crippen LogP contribution is 2.43. The molecule has 1 aromatic rings. The van der Waals surface area contributed by atoms with Crippen LogP contribution in [0.15, 0.2) is 12.1 Å². The van der Waals surface area contributed by atoms with Gasteiger partial charge in [-0.2, -0.15) is 5.26 Å². The van der Waals surface area contributed by atoms with E-state index in [2.05, 4.69) is 6.07 Å². The molecule has 0 radical (unpaired) electrons. The second-order valence-electron chi connectivity index (χ2n) is 4.10. The summed E-state index contributed by atoms with van der Waals surface area (Å²) in [6.07, 6.45) is 0. The van der Waals surface area contributed by atoms with Crippen molar-refractivity contribution >= 4 is 0 Å². The first-order valence-corrected chi connectivity index (χ1v) is 5.50. The van der Waals surface area contributed by atoms with E-state index in [1.165, 1.54) is 0 Å². The number of hydrogen-bond acceptors (Lipinski definition) is 5. The SMILES string of the molecule is COc1cc(C2(C#N)COC2)cc(OC)c1OC. The number of hydrogen-bond donors (Lipinski definition) is 0. The number of ether oxygens (including phenoxy) is 4. The number of rotatable bonds is 4. The minimum Gasteiger partial charge on any atom is -0.493 e. The average molecular weight is 249 g/mol. The summed E-state index contributed by atoms with van der Waals surface area (Å²) in [5.41, 5.74) is 0.220. The van der Waals surface area contributed by atoms with E-state index in [-0.39, 0.29) is 0 Å². The maximum atomic E-state index is 9.30. The van der Waals surface area contributed by atoms with Gasteiger partial charge < -0.3 is 18.9 Å². The molecule has 18 heavy (non-hydrogen) atoms. The third-order valence-electron chi connectivity index (χ3n) is 3.13. The van der Waals surface area contributed by atoms with E-state index in [1.54, 1.807) is 33.5 Å². The molecule has 1 aliphatic rings. The van der Waals surface area contributed by atoms with Crippen molar-refractivity contribution in [1.29, 1.82) is 5.26 Å². The quantitative estimate of drug-likeness (QED) is 0.809. The first-order chi connectivity index (χ1) is 8.70. The maximum Gasteiger partial charge on any atom is 0.203 e. The maximum absolute atomic E-state index is 9.30. The van der Waals surface area contributed by atoms with Gasteiger partial charge in [0.2, 0.25) is 5.75 Å². The van der Waals surface area contributed by atoms with Crippen LogP contribution in [0.2, 0.25) is 0 Å². The zero-order valence-corrected chi connectivity index (χ0v) is 10.6. The zero-order chi connectivity index (χ0) is 13.2. The van der Waals surface area contributed by atoms with Gasteiger partial charge in [-0.1, -0.05) is 0 Å². The van der Waals surface area contributed by atoms with Crippen LogP contribution in [0.1, 0.15) is 5.56 Å². The van der Waals surface area contributed by atoms with E-state index in [1.807, 2.05) is 0 Å². The summed E-state index contributed by atoms with van der Waals surface area (Å²) in [6.45, 7) is 0.782. The Kier molecular flexibility index (Phi) is 3.30. The molecule has 1 aliphatic heterocycles. The first kappa shape index (κ1) is 12.5. The molecule has 1 heterocycles. The van der Waals surface area contributed by atoms with Gasteiger partial charge in [-0.3, -0.25) is 0 Å². The van der Waals surface area contributed by atoms with E-state index < -0.39 is 5.41 Å². The van der Waals surface area contributed by atoms with Crippen molar-refractivity contribution in [2.24, 2.45) is 0 Å². The van der Waals surface area contributed by atoms with E-state index in [0.29, 0.717) is 30.5 Å². The topological polar surface area (TPSA) is 60.7 Å². The van der Waals surface area contributed by atoms with Gasteiger partial charge in [0.25, 0.3) is 0 Å². The minimum atomic E-state index is -0.604. The summed E-state index contributed by atoms with van der Waals surface area (Å²) in [4.78, 5) is 0. The lowest BCUT2D eigenvalue weighted by atomic mass is 9.80. The van der Waals surface area contributed by atoms with Crippen LogP contribution in [-0.4, -0.2) is 34.5 Å². The molecule has 0 bridgehead atoms. The molecule has 1 aromatic carbocycles. The van der Waals surface area contributed by atoms with Crippen molar-refractivity contribution in [1.82, 2.24) is 0 Å². The summed E-state index contributed by atoms with van der Waals surface area (Å²) >= 11 is 0. The third-order valence-corrected chi connectivity index (χ3v) is 3.13. The van der Waals surface area contributed by atoms with Crippen LogP contribution in [0.25, 0.3) is 0 Å². The van der Waals surface area contributed by atoms with Crippen LogP contribution in [0.5, 0.6) is 17.2 Å². The minimum absolute atomic E-state index is 0.391. The number of nitriles is 1. The van der Waals surface area contributed by atoms with Gasteiger partial charge in [0.15, 0.2) is 11.5 Å². The third kappa shape index (κ3) is 1.75. The van der Waals surface area contributed by atoms with Crippen molar-refractivity contribution in [3.63, 3.8) is 0 Å². The Morgan fingerprint density at radius 1 is 1.11 bits per heavy atom. The molecule has 96 valence electrons.